The second-order valence-corrected chi connectivity index (χ2v) is 6.03. The number of Topliss-reactive ketones (excluding diaryl/α,β-unsaturated/α-hetero) is 2. The summed E-state index contributed by atoms with van der Waals surface area (Å²) in [4.78, 5) is 35.4. The van der Waals surface area contributed by atoms with Crippen LogP contribution in [-0.2, 0) is 15.0 Å². The highest BCUT2D eigenvalue weighted by Gasteiger charge is 2.41. The number of fused-ring (bicyclic) bond motifs is 1. The number of rotatable bonds is 1. The first kappa shape index (κ1) is 15.1. The van der Waals surface area contributed by atoms with Gasteiger partial charge in [-0.25, -0.2) is 0 Å². The second-order valence-electron chi connectivity index (χ2n) is 6.03. The van der Waals surface area contributed by atoms with Crippen LogP contribution >= 0.6 is 0 Å². The molecule has 1 saturated carbocycles. The van der Waals surface area contributed by atoms with Crippen LogP contribution in [0, 0.1) is 0 Å². The number of phenolic OH excluding ortho intramolecular Hbond substituents is 2. The summed E-state index contributed by atoms with van der Waals surface area (Å²) >= 11 is 0. The Bertz CT molecular complexity index is 909. The lowest BCUT2D eigenvalue weighted by molar-refractivity contribution is -0.139. The van der Waals surface area contributed by atoms with Crippen molar-refractivity contribution in [3.05, 3.63) is 28.1 Å². The van der Waals surface area contributed by atoms with Gasteiger partial charge >= 0.3 is 0 Å². The SMILES string of the molecule is CC1(c2oc3cc(O)cc(O)c3c(=O)c2O)CCC(=O)C(=O)C1. The van der Waals surface area contributed by atoms with Crippen LogP contribution in [0.4, 0.5) is 0 Å². The van der Waals surface area contributed by atoms with Gasteiger partial charge in [-0.1, -0.05) is 6.92 Å². The molecule has 1 fully saturated rings. The van der Waals surface area contributed by atoms with Crippen LogP contribution in [0.3, 0.4) is 0 Å². The van der Waals surface area contributed by atoms with E-state index >= 15 is 0 Å². The minimum atomic E-state index is -1.01. The van der Waals surface area contributed by atoms with Gasteiger partial charge in [0.25, 0.3) is 0 Å². The van der Waals surface area contributed by atoms with Crippen LogP contribution < -0.4 is 5.43 Å². The molecule has 1 atom stereocenters. The molecule has 120 valence electrons. The molecule has 23 heavy (non-hydrogen) atoms. The standard InChI is InChI=1S/C16H14O7/c1-16(3-2-8(18)10(20)6-16)15-14(22)13(21)12-9(19)4-7(17)5-11(12)23-15/h4-5,17,19,22H,2-3,6H2,1H3. The van der Waals surface area contributed by atoms with Crippen molar-refractivity contribution in [3.63, 3.8) is 0 Å². The maximum Gasteiger partial charge on any atom is 0.238 e. The molecule has 7 nitrogen and oxygen atoms in total. The molecule has 1 aromatic carbocycles. The molecule has 1 aliphatic rings. The molecule has 1 aliphatic carbocycles. The quantitative estimate of drug-likeness (QED) is 0.680. The van der Waals surface area contributed by atoms with E-state index in [0.717, 1.165) is 12.1 Å². The van der Waals surface area contributed by atoms with E-state index in [1.807, 2.05) is 0 Å². The number of carbonyl (C=O) groups excluding carboxylic acids is 2. The van der Waals surface area contributed by atoms with Gasteiger partial charge in [0.2, 0.25) is 11.2 Å². The molecule has 1 heterocycles. The van der Waals surface area contributed by atoms with Gasteiger partial charge in [-0.2, -0.15) is 0 Å². The Morgan fingerprint density at radius 2 is 1.78 bits per heavy atom. The molecule has 3 rings (SSSR count). The minimum absolute atomic E-state index is 0.00180. The molecule has 0 amide bonds. The number of aromatic hydroxyl groups is 3. The van der Waals surface area contributed by atoms with Crippen LogP contribution in [0.1, 0.15) is 31.9 Å². The van der Waals surface area contributed by atoms with Gasteiger partial charge < -0.3 is 19.7 Å². The smallest absolute Gasteiger partial charge is 0.238 e. The number of ketones is 2. The fourth-order valence-corrected chi connectivity index (χ4v) is 2.95. The van der Waals surface area contributed by atoms with Gasteiger partial charge in [0.1, 0.15) is 22.5 Å². The fourth-order valence-electron chi connectivity index (χ4n) is 2.95. The van der Waals surface area contributed by atoms with Crippen molar-refractivity contribution in [2.75, 3.05) is 0 Å². The molecule has 1 unspecified atom stereocenters. The van der Waals surface area contributed by atoms with E-state index in [9.17, 15) is 29.7 Å². The van der Waals surface area contributed by atoms with E-state index in [4.69, 9.17) is 4.42 Å². The molecular weight excluding hydrogens is 304 g/mol. The third kappa shape index (κ3) is 2.25. The molecule has 7 heteroatoms. The van der Waals surface area contributed by atoms with Gasteiger partial charge in [-0.05, 0) is 6.42 Å². The average Bonchev–Trinajstić information content (AvgIpc) is 2.46. The third-order valence-electron chi connectivity index (χ3n) is 4.25. The number of phenols is 2. The highest BCUT2D eigenvalue weighted by atomic mass is 16.4. The van der Waals surface area contributed by atoms with Crippen molar-refractivity contribution in [2.24, 2.45) is 0 Å². The maximum atomic E-state index is 12.3. The highest BCUT2D eigenvalue weighted by Crippen LogP contribution is 2.42. The predicted octanol–water partition coefficient (Wildman–Crippen LogP) is 1.49. The van der Waals surface area contributed by atoms with Crippen molar-refractivity contribution in [1.82, 2.24) is 0 Å². The number of hydrogen-bond donors (Lipinski definition) is 3. The van der Waals surface area contributed by atoms with E-state index in [2.05, 4.69) is 0 Å². The maximum absolute atomic E-state index is 12.3. The number of benzene rings is 1. The van der Waals surface area contributed by atoms with Crippen molar-refractivity contribution in [3.8, 4) is 17.2 Å². The zero-order chi connectivity index (χ0) is 16.9. The van der Waals surface area contributed by atoms with E-state index in [1.54, 1.807) is 6.92 Å². The molecule has 2 aromatic rings. The topological polar surface area (TPSA) is 125 Å². The lowest BCUT2D eigenvalue weighted by Gasteiger charge is -2.31. The molecular formula is C16H14O7. The van der Waals surface area contributed by atoms with Crippen LogP contribution in [0.25, 0.3) is 11.0 Å². The summed E-state index contributed by atoms with van der Waals surface area (Å²) in [5, 5.41) is 29.2. The Morgan fingerprint density at radius 1 is 1.09 bits per heavy atom. The van der Waals surface area contributed by atoms with E-state index in [0.29, 0.717) is 0 Å². The van der Waals surface area contributed by atoms with Crippen molar-refractivity contribution in [1.29, 1.82) is 0 Å². The van der Waals surface area contributed by atoms with E-state index in [-0.39, 0.29) is 41.7 Å². The Balaban J connectivity index is 2.27. The Hall–Kier alpha value is -2.83. The fraction of sp³-hybridized carbons (Fsp3) is 0.312. The second kappa shape index (κ2) is 4.84. The first-order chi connectivity index (χ1) is 10.7. The van der Waals surface area contributed by atoms with Gasteiger partial charge in [-0.3, -0.25) is 14.4 Å². The molecule has 0 radical (unpaired) electrons. The minimum Gasteiger partial charge on any atom is -0.508 e. The third-order valence-corrected chi connectivity index (χ3v) is 4.25. The first-order valence-electron chi connectivity index (χ1n) is 7.01. The van der Waals surface area contributed by atoms with Gasteiger partial charge in [0.05, 0.1) is 0 Å². The summed E-state index contributed by atoms with van der Waals surface area (Å²) in [5.41, 5.74) is -1.97. The largest absolute Gasteiger partial charge is 0.508 e. The normalized spacial score (nSPS) is 21.8. The van der Waals surface area contributed by atoms with Crippen molar-refractivity contribution < 1.29 is 29.3 Å². The average molecular weight is 318 g/mol. The molecule has 0 saturated heterocycles. The van der Waals surface area contributed by atoms with Crippen LogP contribution in [0.2, 0.25) is 0 Å². The van der Waals surface area contributed by atoms with Crippen molar-refractivity contribution in [2.45, 2.75) is 31.6 Å². The van der Waals surface area contributed by atoms with E-state index in [1.165, 1.54) is 0 Å². The summed E-state index contributed by atoms with van der Waals surface area (Å²) in [6.45, 7) is 1.61. The Labute approximate surface area is 129 Å². The lowest BCUT2D eigenvalue weighted by atomic mass is 9.72. The van der Waals surface area contributed by atoms with Crippen LogP contribution in [0.15, 0.2) is 21.3 Å². The Kier molecular flexibility index (Phi) is 3.17. The zero-order valence-corrected chi connectivity index (χ0v) is 12.3. The summed E-state index contributed by atoms with van der Waals surface area (Å²) in [6, 6.07) is 2.10. The Morgan fingerprint density at radius 3 is 2.43 bits per heavy atom. The monoisotopic (exact) mass is 318 g/mol. The van der Waals surface area contributed by atoms with Gasteiger partial charge in [0, 0.05) is 30.4 Å². The summed E-state index contributed by atoms with van der Waals surface area (Å²) in [5.74, 6) is -2.73. The predicted molar refractivity (Wildman–Crippen MR) is 78.7 cm³/mol. The molecule has 0 aliphatic heterocycles. The molecule has 3 N–H and O–H groups in total. The number of hydrogen-bond acceptors (Lipinski definition) is 7. The van der Waals surface area contributed by atoms with Crippen LogP contribution in [-0.4, -0.2) is 26.9 Å². The summed E-state index contributed by atoms with van der Waals surface area (Å²) < 4.78 is 5.53. The van der Waals surface area contributed by atoms with Gasteiger partial charge in [-0.15, -0.1) is 0 Å². The molecule has 0 bridgehead atoms. The first-order valence-corrected chi connectivity index (χ1v) is 7.01. The number of carbonyl (C=O) groups is 2. The van der Waals surface area contributed by atoms with Crippen molar-refractivity contribution >= 4 is 22.5 Å². The summed E-state index contributed by atoms with van der Waals surface area (Å²) in [7, 11) is 0. The lowest BCUT2D eigenvalue weighted by Crippen LogP contribution is -2.36. The molecule has 1 aromatic heterocycles. The van der Waals surface area contributed by atoms with E-state index < -0.39 is 33.9 Å². The van der Waals surface area contributed by atoms with Gasteiger partial charge in [0.15, 0.2) is 17.3 Å². The van der Waals surface area contributed by atoms with Crippen LogP contribution in [0.5, 0.6) is 17.2 Å². The molecule has 0 spiro atoms. The summed E-state index contributed by atoms with van der Waals surface area (Å²) in [6.07, 6.45) is 0.0603. The highest BCUT2D eigenvalue weighted by molar-refractivity contribution is 6.38. The zero-order valence-electron chi connectivity index (χ0n) is 12.3.